The quantitative estimate of drug-likeness (QED) is 0.896. The summed E-state index contributed by atoms with van der Waals surface area (Å²) >= 11 is 0. The molecule has 0 atom stereocenters. The summed E-state index contributed by atoms with van der Waals surface area (Å²) in [5.41, 5.74) is 0.622. The molecule has 0 amide bonds. The van der Waals surface area contributed by atoms with Crippen molar-refractivity contribution in [2.24, 2.45) is 0 Å². The van der Waals surface area contributed by atoms with Gasteiger partial charge in [-0.05, 0) is 63.6 Å². The van der Waals surface area contributed by atoms with Crippen molar-refractivity contribution in [1.82, 2.24) is 5.32 Å². The lowest BCUT2D eigenvalue weighted by molar-refractivity contribution is 0.262. The minimum Gasteiger partial charge on any atom is -0.486 e. The second-order valence-corrected chi connectivity index (χ2v) is 6.17. The van der Waals surface area contributed by atoms with Gasteiger partial charge in [0, 0.05) is 5.54 Å². The van der Waals surface area contributed by atoms with Crippen LogP contribution in [-0.2, 0) is 13.2 Å². The van der Waals surface area contributed by atoms with E-state index in [4.69, 9.17) is 9.15 Å². The molecular weight excluding hydrogens is 269 g/mol. The maximum absolute atomic E-state index is 13.2. The Morgan fingerprint density at radius 2 is 1.86 bits per heavy atom. The lowest BCUT2D eigenvalue weighted by Crippen LogP contribution is -2.34. The highest BCUT2D eigenvalue weighted by Crippen LogP contribution is 2.18. The number of hydrogen-bond acceptors (Lipinski definition) is 3. The number of benzene rings is 1. The van der Waals surface area contributed by atoms with Gasteiger partial charge in [-0.1, -0.05) is 0 Å². The molecule has 0 radical (unpaired) electrons. The molecule has 114 valence electrons. The van der Waals surface area contributed by atoms with Crippen LogP contribution in [0, 0.1) is 12.7 Å². The third-order valence-electron chi connectivity index (χ3n) is 3.02. The third-order valence-corrected chi connectivity index (χ3v) is 3.02. The van der Waals surface area contributed by atoms with Crippen LogP contribution in [0.3, 0.4) is 0 Å². The summed E-state index contributed by atoms with van der Waals surface area (Å²) in [5.74, 6) is 2.04. The fourth-order valence-electron chi connectivity index (χ4n) is 1.81. The first-order valence-electron chi connectivity index (χ1n) is 7.05. The van der Waals surface area contributed by atoms with Crippen molar-refractivity contribution in [2.45, 2.75) is 46.4 Å². The first kappa shape index (κ1) is 15.6. The fraction of sp³-hybridized carbons (Fsp3) is 0.412. The van der Waals surface area contributed by atoms with Crippen LogP contribution in [0.5, 0.6) is 5.75 Å². The third kappa shape index (κ3) is 4.90. The molecule has 0 aliphatic heterocycles. The summed E-state index contributed by atoms with van der Waals surface area (Å²) in [6.45, 7) is 9.05. The topological polar surface area (TPSA) is 34.4 Å². The molecule has 0 fully saturated rings. The number of rotatable bonds is 5. The van der Waals surface area contributed by atoms with E-state index in [2.05, 4.69) is 26.1 Å². The van der Waals surface area contributed by atoms with E-state index in [-0.39, 0.29) is 11.4 Å². The number of halogens is 1. The molecule has 3 nitrogen and oxygen atoms in total. The zero-order chi connectivity index (χ0) is 15.5. The van der Waals surface area contributed by atoms with Crippen molar-refractivity contribution in [3.8, 4) is 5.75 Å². The van der Waals surface area contributed by atoms with E-state index in [9.17, 15) is 4.39 Å². The summed E-state index contributed by atoms with van der Waals surface area (Å²) in [6, 6.07) is 8.54. The normalized spacial score (nSPS) is 11.7. The summed E-state index contributed by atoms with van der Waals surface area (Å²) in [5, 5.41) is 3.36. The van der Waals surface area contributed by atoms with Gasteiger partial charge in [-0.25, -0.2) is 4.39 Å². The van der Waals surface area contributed by atoms with E-state index in [0.717, 1.165) is 11.5 Å². The molecule has 0 bridgehead atoms. The van der Waals surface area contributed by atoms with Gasteiger partial charge >= 0.3 is 0 Å². The highest BCUT2D eigenvalue weighted by Gasteiger charge is 2.10. The zero-order valence-electron chi connectivity index (χ0n) is 13.0. The predicted octanol–water partition coefficient (Wildman–Crippen LogP) is 4.19. The van der Waals surface area contributed by atoms with E-state index in [0.29, 0.717) is 24.5 Å². The second kappa shape index (κ2) is 6.31. The van der Waals surface area contributed by atoms with Gasteiger partial charge in [-0.15, -0.1) is 0 Å². The van der Waals surface area contributed by atoms with Crippen molar-refractivity contribution in [1.29, 1.82) is 0 Å². The smallest absolute Gasteiger partial charge is 0.146 e. The maximum Gasteiger partial charge on any atom is 0.146 e. The Bertz CT molecular complexity index is 599. The molecule has 0 saturated carbocycles. The fourth-order valence-corrected chi connectivity index (χ4v) is 1.81. The molecule has 1 N–H and O–H groups in total. The van der Waals surface area contributed by atoms with E-state index < -0.39 is 0 Å². The van der Waals surface area contributed by atoms with Gasteiger partial charge in [0.25, 0.3) is 0 Å². The van der Waals surface area contributed by atoms with E-state index in [1.807, 2.05) is 12.1 Å². The number of hydrogen-bond donors (Lipinski definition) is 1. The highest BCUT2D eigenvalue weighted by atomic mass is 19.1. The van der Waals surface area contributed by atoms with Gasteiger partial charge in [0.05, 0.1) is 6.54 Å². The molecular formula is C17H22FNO2. The molecule has 1 aromatic heterocycles. The van der Waals surface area contributed by atoms with Crippen molar-refractivity contribution in [3.63, 3.8) is 0 Å². The standard InChI is InChI=1S/C17H22FNO2/c1-12-9-13(7-8-16(12)18)20-11-15-6-5-14(21-15)10-19-17(2,3)4/h5-9,19H,10-11H2,1-4H3. The Morgan fingerprint density at radius 1 is 1.14 bits per heavy atom. The molecule has 0 aliphatic rings. The Hall–Kier alpha value is -1.81. The Kier molecular flexibility index (Phi) is 4.68. The van der Waals surface area contributed by atoms with Crippen LogP contribution in [0.2, 0.25) is 0 Å². The van der Waals surface area contributed by atoms with Crippen LogP contribution in [0.4, 0.5) is 4.39 Å². The van der Waals surface area contributed by atoms with Crippen LogP contribution < -0.4 is 10.1 Å². The lowest BCUT2D eigenvalue weighted by Gasteiger charge is -2.19. The summed E-state index contributed by atoms with van der Waals surface area (Å²) in [7, 11) is 0. The molecule has 0 spiro atoms. The summed E-state index contributed by atoms with van der Waals surface area (Å²) in [4.78, 5) is 0. The minimum atomic E-state index is -0.226. The largest absolute Gasteiger partial charge is 0.486 e. The van der Waals surface area contributed by atoms with Crippen LogP contribution in [0.25, 0.3) is 0 Å². The molecule has 2 aromatic rings. The number of ether oxygens (including phenoxy) is 1. The lowest BCUT2D eigenvalue weighted by atomic mass is 10.1. The molecule has 0 aliphatic carbocycles. The Morgan fingerprint density at radius 3 is 2.52 bits per heavy atom. The maximum atomic E-state index is 13.2. The molecule has 2 rings (SSSR count). The van der Waals surface area contributed by atoms with Crippen LogP contribution in [0.1, 0.15) is 37.9 Å². The molecule has 1 heterocycles. The van der Waals surface area contributed by atoms with Crippen molar-refractivity contribution in [2.75, 3.05) is 0 Å². The van der Waals surface area contributed by atoms with Gasteiger partial charge in [-0.2, -0.15) is 0 Å². The second-order valence-electron chi connectivity index (χ2n) is 6.17. The monoisotopic (exact) mass is 291 g/mol. The van der Waals surface area contributed by atoms with Gasteiger partial charge in [0.15, 0.2) is 0 Å². The van der Waals surface area contributed by atoms with Crippen LogP contribution >= 0.6 is 0 Å². The first-order valence-corrected chi connectivity index (χ1v) is 7.05. The molecule has 4 heteroatoms. The van der Waals surface area contributed by atoms with Crippen molar-refractivity contribution in [3.05, 3.63) is 53.2 Å². The highest BCUT2D eigenvalue weighted by molar-refractivity contribution is 5.28. The molecule has 0 unspecified atom stereocenters. The summed E-state index contributed by atoms with van der Waals surface area (Å²) in [6.07, 6.45) is 0. The Labute approximate surface area is 125 Å². The number of nitrogens with one attached hydrogen (secondary N) is 1. The van der Waals surface area contributed by atoms with Crippen molar-refractivity contribution < 1.29 is 13.5 Å². The van der Waals surface area contributed by atoms with Crippen LogP contribution in [-0.4, -0.2) is 5.54 Å². The van der Waals surface area contributed by atoms with Gasteiger partial charge in [0.1, 0.15) is 29.7 Å². The van der Waals surface area contributed by atoms with Crippen LogP contribution in [0.15, 0.2) is 34.7 Å². The average Bonchev–Trinajstić information content (AvgIpc) is 2.85. The molecule has 0 saturated heterocycles. The Balaban J connectivity index is 1.89. The number of aryl methyl sites for hydroxylation is 1. The average molecular weight is 291 g/mol. The zero-order valence-corrected chi connectivity index (χ0v) is 13.0. The predicted molar refractivity (Wildman–Crippen MR) is 80.8 cm³/mol. The van der Waals surface area contributed by atoms with Gasteiger partial charge < -0.3 is 14.5 Å². The first-order chi connectivity index (χ1) is 9.83. The molecule has 21 heavy (non-hydrogen) atoms. The number of furan rings is 1. The molecule has 1 aromatic carbocycles. The SMILES string of the molecule is Cc1cc(OCc2ccc(CNC(C)(C)C)o2)ccc1F. The van der Waals surface area contributed by atoms with E-state index >= 15 is 0 Å². The van der Waals surface area contributed by atoms with E-state index in [1.54, 1.807) is 19.1 Å². The van der Waals surface area contributed by atoms with Gasteiger partial charge in [-0.3, -0.25) is 0 Å². The minimum absolute atomic E-state index is 0.0507. The van der Waals surface area contributed by atoms with E-state index in [1.165, 1.54) is 6.07 Å². The van der Waals surface area contributed by atoms with Gasteiger partial charge in [0.2, 0.25) is 0 Å². The summed E-state index contributed by atoms with van der Waals surface area (Å²) < 4.78 is 24.5. The van der Waals surface area contributed by atoms with Crippen molar-refractivity contribution >= 4 is 0 Å².